The van der Waals surface area contributed by atoms with E-state index in [0.717, 1.165) is 28.3 Å². The Labute approximate surface area is 157 Å². The Morgan fingerprint density at radius 2 is 1.81 bits per heavy atom. The van der Waals surface area contributed by atoms with Crippen LogP contribution in [0.4, 0.5) is 17.1 Å². The lowest BCUT2D eigenvalue weighted by Gasteiger charge is -2.15. The molecule has 0 atom stereocenters. The van der Waals surface area contributed by atoms with Crippen LogP contribution >= 0.6 is 0 Å². The van der Waals surface area contributed by atoms with E-state index < -0.39 is 0 Å². The molecule has 0 spiro atoms. The molecule has 27 heavy (non-hydrogen) atoms. The summed E-state index contributed by atoms with van der Waals surface area (Å²) in [6.45, 7) is 0. The molecule has 1 aliphatic rings. The number of carbonyl (C=O) groups is 1. The Morgan fingerprint density at radius 1 is 1.00 bits per heavy atom. The van der Waals surface area contributed by atoms with Crippen LogP contribution in [0.1, 0.15) is 11.1 Å². The average molecular weight is 357 g/mol. The summed E-state index contributed by atoms with van der Waals surface area (Å²) in [7, 11) is 1.62. The van der Waals surface area contributed by atoms with Crippen molar-refractivity contribution < 1.29 is 9.53 Å². The average Bonchev–Trinajstić information content (AvgIpc) is 3.02. The number of rotatable bonds is 4. The van der Waals surface area contributed by atoms with Crippen LogP contribution in [0.15, 0.2) is 72.8 Å². The first kappa shape index (κ1) is 16.7. The van der Waals surface area contributed by atoms with Crippen molar-refractivity contribution in [2.45, 2.75) is 0 Å². The molecular formula is C22H19N3O2. The maximum Gasteiger partial charge on any atom is 0.258 e. The first-order valence-electron chi connectivity index (χ1n) is 8.58. The minimum absolute atomic E-state index is 0.162. The van der Waals surface area contributed by atoms with Crippen molar-refractivity contribution in [2.75, 3.05) is 23.5 Å². The van der Waals surface area contributed by atoms with Gasteiger partial charge in [0.2, 0.25) is 0 Å². The van der Waals surface area contributed by atoms with E-state index in [-0.39, 0.29) is 5.91 Å². The Kier molecular flexibility index (Phi) is 4.26. The molecule has 0 aromatic heterocycles. The van der Waals surface area contributed by atoms with Crippen LogP contribution in [0, 0.1) is 0 Å². The standard InChI is InChI=1S/C22H19N3O2/c1-27-17-9-5-8-16(13-17)24-21(14-6-3-2-4-7-14)20-18-12-15(23)10-11-19(18)25-22(20)26/h2-13,24H,23H2,1H3,(H,25,26). The van der Waals surface area contributed by atoms with Crippen molar-refractivity contribution >= 4 is 34.2 Å². The van der Waals surface area contributed by atoms with Crippen LogP contribution in [0.25, 0.3) is 11.3 Å². The molecule has 0 saturated heterocycles. The Bertz CT molecular complexity index is 1040. The number of nitrogens with two attached hydrogens (primary N) is 1. The topological polar surface area (TPSA) is 76.4 Å². The molecule has 1 aliphatic heterocycles. The fraction of sp³-hybridized carbons (Fsp3) is 0.0455. The Morgan fingerprint density at radius 3 is 2.59 bits per heavy atom. The van der Waals surface area contributed by atoms with Gasteiger partial charge in [0.15, 0.2) is 0 Å². The molecule has 1 heterocycles. The molecule has 4 rings (SSSR count). The molecule has 0 aliphatic carbocycles. The van der Waals surface area contributed by atoms with Crippen LogP contribution in [0.5, 0.6) is 5.75 Å². The molecule has 0 bridgehead atoms. The lowest BCUT2D eigenvalue weighted by Crippen LogP contribution is -2.10. The monoisotopic (exact) mass is 357 g/mol. The number of ether oxygens (including phenoxy) is 1. The summed E-state index contributed by atoms with van der Waals surface area (Å²) in [5.41, 5.74) is 11.1. The molecule has 0 fully saturated rings. The van der Waals surface area contributed by atoms with E-state index in [0.29, 0.717) is 17.0 Å². The number of hydrogen-bond donors (Lipinski definition) is 3. The minimum atomic E-state index is -0.162. The van der Waals surface area contributed by atoms with Crippen LogP contribution in [-0.2, 0) is 4.79 Å². The zero-order chi connectivity index (χ0) is 18.8. The quantitative estimate of drug-likeness (QED) is 0.483. The third kappa shape index (κ3) is 3.22. The second-order valence-electron chi connectivity index (χ2n) is 6.23. The summed E-state index contributed by atoms with van der Waals surface area (Å²) in [6, 6.07) is 22.8. The number of benzene rings is 3. The first-order chi connectivity index (χ1) is 13.2. The van der Waals surface area contributed by atoms with Gasteiger partial charge in [-0.1, -0.05) is 36.4 Å². The SMILES string of the molecule is COc1cccc(NC(=C2C(=O)Nc3ccc(N)cc32)c2ccccc2)c1. The molecular weight excluding hydrogens is 338 g/mol. The maximum atomic E-state index is 12.8. The van der Waals surface area contributed by atoms with Crippen molar-refractivity contribution in [3.05, 3.63) is 83.9 Å². The predicted octanol–water partition coefficient (Wildman–Crippen LogP) is 4.21. The first-order valence-corrected chi connectivity index (χ1v) is 8.58. The van der Waals surface area contributed by atoms with Gasteiger partial charge in [-0.05, 0) is 35.9 Å². The van der Waals surface area contributed by atoms with Gasteiger partial charge in [0.05, 0.1) is 18.4 Å². The summed E-state index contributed by atoms with van der Waals surface area (Å²) in [6.07, 6.45) is 0. The van der Waals surface area contributed by atoms with Gasteiger partial charge in [0.1, 0.15) is 5.75 Å². The highest BCUT2D eigenvalue weighted by atomic mass is 16.5. The highest BCUT2D eigenvalue weighted by molar-refractivity contribution is 6.37. The van der Waals surface area contributed by atoms with E-state index >= 15 is 0 Å². The Hall–Kier alpha value is -3.73. The summed E-state index contributed by atoms with van der Waals surface area (Å²) < 4.78 is 5.31. The van der Waals surface area contributed by atoms with E-state index in [1.165, 1.54) is 0 Å². The van der Waals surface area contributed by atoms with Crippen molar-refractivity contribution in [3.8, 4) is 5.75 Å². The second kappa shape index (κ2) is 6.88. The van der Waals surface area contributed by atoms with Gasteiger partial charge in [-0.3, -0.25) is 4.79 Å². The molecule has 0 radical (unpaired) electrons. The van der Waals surface area contributed by atoms with Crippen LogP contribution in [-0.4, -0.2) is 13.0 Å². The highest BCUT2D eigenvalue weighted by Gasteiger charge is 2.28. The van der Waals surface area contributed by atoms with E-state index in [4.69, 9.17) is 10.5 Å². The number of amides is 1. The van der Waals surface area contributed by atoms with E-state index in [9.17, 15) is 4.79 Å². The lowest BCUT2D eigenvalue weighted by atomic mass is 9.99. The van der Waals surface area contributed by atoms with Gasteiger partial charge < -0.3 is 21.1 Å². The van der Waals surface area contributed by atoms with Crippen LogP contribution in [0.3, 0.4) is 0 Å². The summed E-state index contributed by atoms with van der Waals surface area (Å²) in [5.74, 6) is 0.572. The fourth-order valence-electron chi connectivity index (χ4n) is 3.16. The van der Waals surface area contributed by atoms with Gasteiger partial charge >= 0.3 is 0 Å². The predicted molar refractivity (Wildman–Crippen MR) is 109 cm³/mol. The van der Waals surface area contributed by atoms with Crippen molar-refractivity contribution in [1.29, 1.82) is 0 Å². The number of anilines is 3. The number of nitrogens with one attached hydrogen (secondary N) is 2. The minimum Gasteiger partial charge on any atom is -0.497 e. The molecule has 3 aromatic rings. The van der Waals surface area contributed by atoms with Gasteiger partial charge in [-0.25, -0.2) is 0 Å². The third-order valence-corrected chi connectivity index (χ3v) is 4.44. The Balaban J connectivity index is 1.90. The number of fused-ring (bicyclic) bond motifs is 1. The van der Waals surface area contributed by atoms with Gasteiger partial charge in [-0.2, -0.15) is 0 Å². The highest BCUT2D eigenvalue weighted by Crippen LogP contribution is 2.38. The van der Waals surface area contributed by atoms with Crippen molar-refractivity contribution in [2.24, 2.45) is 0 Å². The smallest absolute Gasteiger partial charge is 0.258 e. The molecule has 5 heteroatoms. The maximum absolute atomic E-state index is 12.8. The van der Waals surface area contributed by atoms with Crippen LogP contribution in [0.2, 0.25) is 0 Å². The van der Waals surface area contributed by atoms with Gasteiger partial charge in [0.25, 0.3) is 5.91 Å². The number of carbonyl (C=O) groups excluding carboxylic acids is 1. The molecule has 5 nitrogen and oxygen atoms in total. The molecule has 0 saturated carbocycles. The molecule has 134 valence electrons. The summed E-state index contributed by atoms with van der Waals surface area (Å²) in [5, 5.41) is 6.32. The zero-order valence-electron chi connectivity index (χ0n) is 14.8. The van der Waals surface area contributed by atoms with Crippen LogP contribution < -0.4 is 21.1 Å². The van der Waals surface area contributed by atoms with Crippen molar-refractivity contribution in [1.82, 2.24) is 0 Å². The number of hydrogen-bond acceptors (Lipinski definition) is 4. The van der Waals surface area contributed by atoms with Crippen molar-refractivity contribution in [3.63, 3.8) is 0 Å². The zero-order valence-corrected chi connectivity index (χ0v) is 14.8. The van der Waals surface area contributed by atoms with Gasteiger partial charge in [-0.15, -0.1) is 0 Å². The largest absolute Gasteiger partial charge is 0.497 e. The number of nitrogen functional groups attached to an aromatic ring is 1. The second-order valence-corrected chi connectivity index (χ2v) is 6.23. The van der Waals surface area contributed by atoms with E-state index in [1.54, 1.807) is 13.2 Å². The summed E-state index contributed by atoms with van der Waals surface area (Å²) >= 11 is 0. The molecule has 3 aromatic carbocycles. The lowest BCUT2D eigenvalue weighted by molar-refractivity contribution is -0.110. The fourth-order valence-corrected chi connectivity index (χ4v) is 3.16. The molecule has 0 unspecified atom stereocenters. The summed E-state index contributed by atoms with van der Waals surface area (Å²) in [4.78, 5) is 12.8. The van der Waals surface area contributed by atoms with E-state index in [2.05, 4.69) is 10.6 Å². The van der Waals surface area contributed by atoms with E-state index in [1.807, 2.05) is 66.7 Å². The molecule has 4 N–H and O–H groups in total. The third-order valence-electron chi connectivity index (χ3n) is 4.44. The number of methoxy groups -OCH3 is 1. The van der Waals surface area contributed by atoms with Gasteiger partial charge in [0, 0.05) is 28.7 Å². The normalized spacial score (nSPS) is 14.3. The molecule has 1 amide bonds.